The zero-order chi connectivity index (χ0) is 11.5. The minimum atomic E-state index is 0.410. The summed E-state index contributed by atoms with van der Waals surface area (Å²) in [5, 5.41) is 0. The lowest BCUT2D eigenvalue weighted by atomic mass is 10.3. The Hall–Kier alpha value is -1.69. The fraction of sp³-hybridized carbons (Fsp3) is 0.100. The fourth-order valence-corrected chi connectivity index (χ4v) is 1.45. The second-order valence-electron chi connectivity index (χ2n) is 3.13. The van der Waals surface area contributed by atoms with Crippen LogP contribution in [0, 0.1) is 6.92 Å². The van der Waals surface area contributed by atoms with Gasteiger partial charge in [0.05, 0.1) is 11.8 Å². The second-order valence-corrected chi connectivity index (χ2v) is 4.05. The van der Waals surface area contributed by atoms with E-state index < -0.39 is 0 Å². The van der Waals surface area contributed by atoms with Crippen molar-refractivity contribution in [3.05, 3.63) is 34.8 Å². The van der Waals surface area contributed by atoms with Gasteiger partial charge in [-0.2, -0.15) is 0 Å². The third-order valence-corrected chi connectivity index (χ3v) is 2.40. The zero-order valence-corrected chi connectivity index (χ0v) is 10.1. The van der Waals surface area contributed by atoms with Crippen LogP contribution in [0.1, 0.15) is 5.56 Å². The van der Waals surface area contributed by atoms with Crippen LogP contribution in [-0.4, -0.2) is 15.0 Å². The van der Waals surface area contributed by atoms with E-state index in [-0.39, 0.29) is 0 Å². The van der Waals surface area contributed by atoms with E-state index in [0.29, 0.717) is 23.0 Å². The molecule has 2 aromatic heterocycles. The Morgan fingerprint density at radius 3 is 2.88 bits per heavy atom. The number of hydrogen-bond acceptors (Lipinski definition) is 5. The number of halogens is 1. The maximum Gasteiger partial charge on any atom is 0.227 e. The van der Waals surface area contributed by atoms with E-state index in [2.05, 4.69) is 30.9 Å². The van der Waals surface area contributed by atoms with Gasteiger partial charge in [-0.15, -0.1) is 0 Å². The third kappa shape index (κ3) is 2.27. The summed E-state index contributed by atoms with van der Waals surface area (Å²) >= 11 is 3.31. The summed E-state index contributed by atoms with van der Waals surface area (Å²) in [7, 11) is 0. The van der Waals surface area contributed by atoms with E-state index in [1.54, 1.807) is 25.4 Å². The summed E-state index contributed by atoms with van der Waals surface area (Å²) in [4.78, 5) is 11.9. The van der Waals surface area contributed by atoms with Crippen molar-refractivity contribution in [3.8, 4) is 11.6 Å². The van der Waals surface area contributed by atoms with E-state index in [1.807, 2.05) is 0 Å². The number of anilines is 1. The molecular formula is C10H9BrN4O. The average Bonchev–Trinajstić information content (AvgIpc) is 2.25. The quantitative estimate of drug-likeness (QED) is 0.914. The predicted molar refractivity (Wildman–Crippen MR) is 63.2 cm³/mol. The topological polar surface area (TPSA) is 73.9 Å². The predicted octanol–water partition coefficient (Wildman–Crippen LogP) is 2.32. The van der Waals surface area contributed by atoms with Crippen molar-refractivity contribution < 1.29 is 4.74 Å². The van der Waals surface area contributed by atoms with Gasteiger partial charge in [0.25, 0.3) is 0 Å². The van der Waals surface area contributed by atoms with Crippen molar-refractivity contribution >= 4 is 21.7 Å². The molecule has 0 amide bonds. The summed E-state index contributed by atoms with van der Waals surface area (Å²) < 4.78 is 6.38. The van der Waals surface area contributed by atoms with Gasteiger partial charge in [-0.1, -0.05) is 0 Å². The molecule has 2 rings (SSSR count). The summed E-state index contributed by atoms with van der Waals surface area (Å²) in [5.74, 6) is 1.44. The minimum absolute atomic E-state index is 0.410. The molecular weight excluding hydrogens is 272 g/mol. The minimum Gasteiger partial charge on any atom is -0.437 e. The van der Waals surface area contributed by atoms with Gasteiger partial charge >= 0.3 is 0 Å². The molecule has 0 aliphatic carbocycles. The molecule has 0 saturated heterocycles. The first kappa shape index (κ1) is 10.8. The van der Waals surface area contributed by atoms with Crippen LogP contribution in [-0.2, 0) is 0 Å². The van der Waals surface area contributed by atoms with Crippen molar-refractivity contribution in [2.75, 3.05) is 5.73 Å². The highest BCUT2D eigenvalue weighted by molar-refractivity contribution is 9.10. The summed E-state index contributed by atoms with van der Waals surface area (Å²) in [6, 6.07) is 1.80. The Balaban J connectivity index is 2.31. The highest BCUT2D eigenvalue weighted by Crippen LogP contribution is 2.25. The fourth-order valence-electron chi connectivity index (χ4n) is 1.11. The van der Waals surface area contributed by atoms with Crippen LogP contribution >= 0.6 is 15.9 Å². The second kappa shape index (κ2) is 4.44. The van der Waals surface area contributed by atoms with Gasteiger partial charge in [0.15, 0.2) is 0 Å². The van der Waals surface area contributed by atoms with Crippen LogP contribution < -0.4 is 10.5 Å². The monoisotopic (exact) mass is 280 g/mol. The molecule has 0 aliphatic rings. The molecule has 0 atom stereocenters. The summed E-state index contributed by atoms with van der Waals surface area (Å²) in [5.41, 5.74) is 6.36. The van der Waals surface area contributed by atoms with Gasteiger partial charge in [-0.3, -0.25) is 4.98 Å². The lowest BCUT2D eigenvalue weighted by Gasteiger charge is -2.07. The van der Waals surface area contributed by atoms with Gasteiger partial charge in [0.2, 0.25) is 5.88 Å². The first-order valence-electron chi connectivity index (χ1n) is 4.52. The van der Waals surface area contributed by atoms with E-state index in [1.165, 1.54) is 6.33 Å². The average molecular weight is 281 g/mol. The normalized spacial score (nSPS) is 10.1. The maximum atomic E-state index is 5.65. The molecule has 0 saturated carbocycles. The molecule has 82 valence electrons. The Morgan fingerprint density at radius 1 is 1.31 bits per heavy atom. The largest absolute Gasteiger partial charge is 0.437 e. The van der Waals surface area contributed by atoms with E-state index in [4.69, 9.17) is 10.5 Å². The van der Waals surface area contributed by atoms with Gasteiger partial charge in [-0.25, -0.2) is 9.97 Å². The summed E-state index contributed by atoms with van der Waals surface area (Å²) in [6.45, 7) is 1.80. The Labute approximate surface area is 101 Å². The molecule has 16 heavy (non-hydrogen) atoms. The number of nitrogens with two attached hydrogens (primary N) is 1. The molecule has 2 heterocycles. The molecule has 0 aliphatic heterocycles. The molecule has 6 heteroatoms. The van der Waals surface area contributed by atoms with Gasteiger partial charge < -0.3 is 10.5 Å². The molecule has 0 spiro atoms. The first-order valence-corrected chi connectivity index (χ1v) is 5.31. The van der Waals surface area contributed by atoms with Gasteiger partial charge in [0.1, 0.15) is 17.9 Å². The SMILES string of the molecule is Cc1c(N)ncnc1Oc1cncc(Br)c1. The van der Waals surface area contributed by atoms with Crippen molar-refractivity contribution in [3.63, 3.8) is 0 Å². The molecule has 5 nitrogen and oxygen atoms in total. The highest BCUT2D eigenvalue weighted by Gasteiger charge is 2.06. The molecule has 2 N–H and O–H groups in total. The van der Waals surface area contributed by atoms with Crippen LogP contribution in [0.15, 0.2) is 29.3 Å². The number of hydrogen-bond donors (Lipinski definition) is 1. The summed E-state index contributed by atoms with van der Waals surface area (Å²) in [6.07, 6.45) is 4.64. The van der Waals surface area contributed by atoms with Gasteiger partial charge in [-0.05, 0) is 28.9 Å². The molecule has 2 aromatic rings. The van der Waals surface area contributed by atoms with Crippen molar-refractivity contribution in [2.24, 2.45) is 0 Å². The Bertz CT molecular complexity index is 518. The first-order chi connectivity index (χ1) is 7.66. The number of nitrogen functional groups attached to an aromatic ring is 1. The van der Waals surface area contributed by atoms with Crippen LogP contribution in [0.4, 0.5) is 5.82 Å². The number of aromatic nitrogens is 3. The van der Waals surface area contributed by atoms with E-state index >= 15 is 0 Å². The Kier molecular flexibility index (Phi) is 3.00. The molecule has 0 radical (unpaired) electrons. The number of nitrogens with zero attached hydrogens (tertiary/aromatic N) is 3. The third-order valence-electron chi connectivity index (χ3n) is 1.97. The standard InChI is InChI=1S/C10H9BrN4O/c1-6-9(12)14-5-15-10(6)16-8-2-7(11)3-13-4-8/h2-5H,1H3,(H2,12,14,15). The maximum absolute atomic E-state index is 5.65. The van der Waals surface area contributed by atoms with Crippen LogP contribution in [0.3, 0.4) is 0 Å². The molecule has 0 bridgehead atoms. The number of ether oxygens (including phenoxy) is 1. The molecule has 0 fully saturated rings. The van der Waals surface area contributed by atoms with Crippen LogP contribution in [0.2, 0.25) is 0 Å². The van der Waals surface area contributed by atoms with Crippen LogP contribution in [0.25, 0.3) is 0 Å². The van der Waals surface area contributed by atoms with Crippen LogP contribution in [0.5, 0.6) is 11.6 Å². The Morgan fingerprint density at radius 2 is 2.12 bits per heavy atom. The van der Waals surface area contributed by atoms with E-state index in [0.717, 1.165) is 4.47 Å². The lowest BCUT2D eigenvalue weighted by Crippen LogP contribution is -1.99. The smallest absolute Gasteiger partial charge is 0.227 e. The van der Waals surface area contributed by atoms with E-state index in [9.17, 15) is 0 Å². The number of pyridine rings is 1. The van der Waals surface area contributed by atoms with Crippen molar-refractivity contribution in [1.82, 2.24) is 15.0 Å². The molecule has 0 unspecified atom stereocenters. The zero-order valence-electron chi connectivity index (χ0n) is 8.51. The molecule has 0 aromatic carbocycles. The van der Waals surface area contributed by atoms with Gasteiger partial charge in [0, 0.05) is 10.7 Å². The lowest BCUT2D eigenvalue weighted by molar-refractivity contribution is 0.455. The highest BCUT2D eigenvalue weighted by atomic mass is 79.9. The van der Waals surface area contributed by atoms with Crippen molar-refractivity contribution in [2.45, 2.75) is 6.92 Å². The number of rotatable bonds is 2. The van der Waals surface area contributed by atoms with Crippen molar-refractivity contribution in [1.29, 1.82) is 0 Å².